The lowest BCUT2D eigenvalue weighted by atomic mass is 10.5. The third-order valence-corrected chi connectivity index (χ3v) is 2.07. The Morgan fingerprint density at radius 1 is 1.56 bits per heavy atom. The highest BCUT2D eigenvalue weighted by Crippen LogP contribution is 2.18. The Balaban J connectivity index is 1.79. The number of nitrogens with zero attached hydrogens (tertiary/aromatic N) is 1. The Hall–Kier alpha value is -2.05. The number of rotatable bonds is 5. The van der Waals surface area contributed by atoms with Crippen LogP contribution in [0.5, 0.6) is 0 Å². The summed E-state index contributed by atoms with van der Waals surface area (Å²) >= 11 is 0. The van der Waals surface area contributed by atoms with Gasteiger partial charge < -0.3 is 20.2 Å². The van der Waals surface area contributed by atoms with Gasteiger partial charge in [0.2, 0.25) is 5.91 Å². The molecule has 0 bridgehead atoms. The lowest BCUT2D eigenvalue weighted by Crippen LogP contribution is -2.31. The summed E-state index contributed by atoms with van der Waals surface area (Å²) in [6.45, 7) is 0.0239. The highest BCUT2D eigenvalue weighted by atomic mass is 16.4. The Morgan fingerprint density at radius 3 is 2.88 bits per heavy atom. The first-order valence-corrected chi connectivity index (χ1v) is 4.87. The topological polar surface area (TPSA) is 104 Å². The molecule has 7 heteroatoms. The summed E-state index contributed by atoms with van der Waals surface area (Å²) < 4.78 is 4.81. The van der Waals surface area contributed by atoms with Crippen LogP contribution in [0.4, 0.5) is 6.01 Å². The van der Waals surface area contributed by atoms with Crippen LogP contribution in [-0.2, 0) is 4.79 Å². The molecule has 0 atom stereocenters. The van der Waals surface area contributed by atoms with Crippen LogP contribution < -0.4 is 10.6 Å². The molecule has 1 heterocycles. The monoisotopic (exact) mass is 225 g/mol. The molecule has 7 nitrogen and oxygen atoms in total. The maximum Gasteiger partial charge on any atom is 0.357 e. The van der Waals surface area contributed by atoms with Crippen LogP contribution in [0.25, 0.3) is 0 Å². The van der Waals surface area contributed by atoms with E-state index < -0.39 is 5.97 Å². The number of oxazole rings is 1. The smallest absolute Gasteiger partial charge is 0.357 e. The summed E-state index contributed by atoms with van der Waals surface area (Å²) in [5.74, 6) is -1.32. The molecule has 0 aromatic carbocycles. The van der Waals surface area contributed by atoms with Gasteiger partial charge in [-0.1, -0.05) is 0 Å². The van der Waals surface area contributed by atoms with Gasteiger partial charge in [0, 0.05) is 6.04 Å². The van der Waals surface area contributed by atoms with E-state index in [1.54, 1.807) is 0 Å². The fraction of sp³-hybridized carbons (Fsp3) is 0.444. The van der Waals surface area contributed by atoms with Crippen molar-refractivity contribution >= 4 is 17.9 Å². The third kappa shape index (κ3) is 2.72. The van der Waals surface area contributed by atoms with Crippen molar-refractivity contribution in [1.82, 2.24) is 10.3 Å². The van der Waals surface area contributed by atoms with E-state index in [9.17, 15) is 9.59 Å². The van der Waals surface area contributed by atoms with Crippen molar-refractivity contribution in [2.24, 2.45) is 0 Å². The molecular weight excluding hydrogens is 214 g/mol. The summed E-state index contributed by atoms with van der Waals surface area (Å²) in [4.78, 5) is 25.3. The van der Waals surface area contributed by atoms with Crippen molar-refractivity contribution < 1.29 is 19.1 Å². The summed E-state index contributed by atoms with van der Waals surface area (Å²) in [6.07, 6.45) is 3.06. The van der Waals surface area contributed by atoms with E-state index in [0.29, 0.717) is 6.04 Å². The first-order chi connectivity index (χ1) is 7.65. The van der Waals surface area contributed by atoms with Gasteiger partial charge in [0.1, 0.15) is 6.26 Å². The Morgan fingerprint density at radius 2 is 2.31 bits per heavy atom. The maximum atomic E-state index is 11.2. The fourth-order valence-corrected chi connectivity index (χ4v) is 1.12. The van der Waals surface area contributed by atoms with E-state index >= 15 is 0 Å². The Labute approximate surface area is 90.8 Å². The van der Waals surface area contributed by atoms with Gasteiger partial charge in [-0.15, -0.1) is 0 Å². The lowest BCUT2D eigenvalue weighted by Gasteiger charge is -2.02. The van der Waals surface area contributed by atoms with Crippen LogP contribution in [0, 0.1) is 0 Å². The van der Waals surface area contributed by atoms with E-state index in [1.807, 2.05) is 0 Å². The molecule has 1 fully saturated rings. The van der Waals surface area contributed by atoms with Crippen LogP contribution in [0.2, 0.25) is 0 Å². The van der Waals surface area contributed by atoms with Gasteiger partial charge in [0.05, 0.1) is 6.54 Å². The predicted molar refractivity (Wildman–Crippen MR) is 53.1 cm³/mol. The second-order valence-electron chi connectivity index (χ2n) is 3.54. The molecule has 1 aromatic rings. The molecule has 3 N–H and O–H groups in total. The molecule has 2 rings (SSSR count). The molecule has 0 unspecified atom stereocenters. The molecule has 16 heavy (non-hydrogen) atoms. The standard InChI is InChI=1S/C9H11N3O4/c13-7(11-5-1-2-5)3-10-9-12-6(4-16-9)8(14)15/h4-5H,1-3H2,(H,10,12)(H,11,13)(H,14,15). The number of carbonyl (C=O) groups excluding carboxylic acids is 1. The zero-order valence-electron chi connectivity index (χ0n) is 8.40. The van der Waals surface area contributed by atoms with Crippen LogP contribution in [-0.4, -0.2) is 34.6 Å². The first kappa shape index (κ1) is 10.5. The van der Waals surface area contributed by atoms with Crippen molar-refractivity contribution in [1.29, 1.82) is 0 Å². The second kappa shape index (κ2) is 4.21. The minimum absolute atomic E-state index is 0.0239. The summed E-state index contributed by atoms with van der Waals surface area (Å²) in [6, 6.07) is 0.330. The SMILES string of the molecule is O=C(CNc1nc(C(=O)O)co1)NC1CC1. The van der Waals surface area contributed by atoms with Gasteiger partial charge >= 0.3 is 5.97 Å². The minimum Gasteiger partial charge on any atom is -0.476 e. The van der Waals surface area contributed by atoms with Gasteiger partial charge in [-0.3, -0.25) is 4.79 Å². The summed E-state index contributed by atoms with van der Waals surface area (Å²) in [5, 5.41) is 13.9. The lowest BCUT2D eigenvalue weighted by molar-refractivity contribution is -0.119. The van der Waals surface area contributed by atoms with Crippen molar-refractivity contribution in [3.8, 4) is 0 Å². The van der Waals surface area contributed by atoms with Crippen molar-refractivity contribution in [3.05, 3.63) is 12.0 Å². The molecule has 1 saturated carbocycles. The molecule has 1 aliphatic rings. The zero-order chi connectivity index (χ0) is 11.5. The zero-order valence-corrected chi connectivity index (χ0v) is 8.40. The average molecular weight is 225 g/mol. The number of carboxylic acid groups (broad SMARTS) is 1. The summed E-state index contributed by atoms with van der Waals surface area (Å²) in [5.41, 5.74) is -0.190. The first-order valence-electron chi connectivity index (χ1n) is 4.87. The number of aromatic carboxylic acids is 1. The highest BCUT2D eigenvalue weighted by molar-refractivity contribution is 5.85. The second-order valence-corrected chi connectivity index (χ2v) is 3.54. The molecule has 1 amide bonds. The molecule has 0 spiro atoms. The van der Waals surface area contributed by atoms with Crippen LogP contribution >= 0.6 is 0 Å². The van der Waals surface area contributed by atoms with E-state index in [4.69, 9.17) is 9.52 Å². The number of carbonyl (C=O) groups is 2. The van der Waals surface area contributed by atoms with Crippen molar-refractivity contribution in [2.75, 3.05) is 11.9 Å². The Bertz CT molecular complexity index is 411. The maximum absolute atomic E-state index is 11.2. The number of anilines is 1. The van der Waals surface area contributed by atoms with E-state index in [2.05, 4.69) is 15.6 Å². The van der Waals surface area contributed by atoms with Crippen LogP contribution in [0.3, 0.4) is 0 Å². The van der Waals surface area contributed by atoms with Crippen LogP contribution in [0.15, 0.2) is 10.7 Å². The number of nitrogens with one attached hydrogen (secondary N) is 2. The number of hydrogen-bond donors (Lipinski definition) is 3. The molecule has 0 saturated heterocycles. The van der Waals surface area contributed by atoms with Crippen LogP contribution in [0.1, 0.15) is 23.3 Å². The normalized spacial score (nSPS) is 14.5. The number of aromatic nitrogens is 1. The predicted octanol–water partition coefficient (Wildman–Crippen LogP) is 0.0633. The third-order valence-electron chi connectivity index (χ3n) is 2.07. The molecule has 86 valence electrons. The minimum atomic E-state index is -1.17. The van der Waals surface area contributed by atoms with Gasteiger partial charge in [-0.25, -0.2) is 4.79 Å². The van der Waals surface area contributed by atoms with Gasteiger partial charge in [0.15, 0.2) is 5.69 Å². The van der Waals surface area contributed by atoms with Gasteiger partial charge in [-0.05, 0) is 12.8 Å². The summed E-state index contributed by atoms with van der Waals surface area (Å²) in [7, 11) is 0. The molecule has 1 aromatic heterocycles. The van der Waals surface area contributed by atoms with Crippen molar-refractivity contribution in [2.45, 2.75) is 18.9 Å². The fourth-order valence-electron chi connectivity index (χ4n) is 1.12. The quantitative estimate of drug-likeness (QED) is 0.654. The van der Waals surface area contributed by atoms with Crippen molar-refractivity contribution in [3.63, 3.8) is 0 Å². The largest absolute Gasteiger partial charge is 0.476 e. The van der Waals surface area contributed by atoms with E-state index in [0.717, 1.165) is 19.1 Å². The molecule has 0 aliphatic heterocycles. The number of hydrogen-bond acceptors (Lipinski definition) is 5. The number of carboxylic acids is 1. The Kier molecular flexibility index (Phi) is 2.76. The van der Waals surface area contributed by atoms with Gasteiger partial charge in [-0.2, -0.15) is 4.98 Å². The molecule has 0 radical (unpaired) electrons. The van der Waals surface area contributed by atoms with E-state index in [1.165, 1.54) is 0 Å². The average Bonchev–Trinajstić information content (AvgIpc) is 2.91. The highest BCUT2D eigenvalue weighted by Gasteiger charge is 2.23. The van der Waals surface area contributed by atoms with E-state index in [-0.39, 0.29) is 24.2 Å². The number of amides is 1. The molecular formula is C9H11N3O4. The van der Waals surface area contributed by atoms with Gasteiger partial charge in [0.25, 0.3) is 6.01 Å². The molecule has 1 aliphatic carbocycles.